The summed E-state index contributed by atoms with van der Waals surface area (Å²) >= 11 is 12.3. The van der Waals surface area contributed by atoms with Crippen LogP contribution in [0.3, 0.4) is 0 Å². The van der Waals surface area contributed by atoms with Gasteiger partial charge in [0.05, 0.1) is 33.5 Å². The van der Waals surface area contributed by atoms with E-state index >= 15 is 0 Å². The SMILES string of the molecule is C=CCN1CC[C@]23c4c5ccc(OC(C)=O)c4OC2C(N(C)C(=O)Cc2ccc(Cl)c(Cl)c2)CC[C@@]3(O)[C@H]1C5. The normalized spacial score (nSPS) is 30.2. The molecule has 39 heavy (non-hydrogen) atoms. The molecule has 6 rings (SSSR count). The van der Waals surface area contributed by atoms with Gasteiger partial charge in [-0.2, -0.15) is 0 Å². The van der Waals surface area contributed by atoms with E-state index in [-0.39, 0.29) is 24.4 Å². The topological polar surface area (TPSA) is 79.3 Å². The van der Waals surface area contributed by atoms with Gasteiger partial charge in [-0.3, -0.25) is 14.5 Å². The van der Waals surface area contributed by atoms with Crippen LogP contribution < -0.4 is 9.47 Å². The molecule has 9 heteroatoms. The Morgan fingerprint density at radius 2 is 2.05 bits per heavy atom. The van der Waals surface area contributed by atoms with Crippen molar-refractivity contribution in [2.45, 2.75) is 68.2 Å². The van der Waals surface area contributed by atoms with Crippen LogP contribution in [0.25, 0.3) is 0 Å². The molecular weight excluding hydrogens is 539 g/mol. The Bertz CT molecular complexity index is 1380. The highest BCUT2D eigenvalue weighted by Crippen LogP contribution is 2.66. The first-order valence-electron chi connectivity index (χ1n) is 13.4. The molecule has 206 valence electrons. The minimum atomic E-state index is -1.06. The predicted octanol–water partition coefficient (Wildman–Crippen LogP) is 4.33. The van der Waals surface area contributed by atoms with Crippen LogP contribution in [0.5, 0.6) is 11.5 Å². The number of piperidine rings is 1. The van der Waals surface area contributed by atoms with Gasteiger partial charge in [0.1, 0.15) is 6.10 Å². The summed E-state index contributed by atoms with van der Waals surface area (Å²) in [6.07, 6.45) is 4.00. The standard InChI is InChI=1S/C30H32Cl2N2O5/c1-4-12-34-13-11-29-26-19-6-8-23(38-17(2)35)27(26)39-28(29)22(9-10-30(29,37)24(34)16-19)33(3)25(36)15-18-5-7-20(31)21(32)14-18/h4-8,14,22,24,28,37H,1,9-13,15-16H2,2-3H3/t22?,24-,28?,29+,30-/m1/s1. The van der Waals surface area contributed by atoms with E-state index in [0.29, 0.717) is 53.8 Å². The summed E-state index contributed by atoms with van der Waals surface area (Å²) in [5, 5.41) is 13.5. The lowest BCUT2D eigenvalue weighted by molar-refractivity contribution is -0.198. The third kappa shape index (κ3) is 3.85. The van der Waals surface area contributed by atoms with Crippen molar-refractivity contribution >= 4 is 35.1 Å². The molecule has 2 heterocycles. The van der Waals surface area contributed by atoms with Crippen LogP contribution in [0.15, 0.2) is 43.0 Å². The van der Waals surface area contributed by atoms with Crippen LogP contribution in [0.4, 0.5) is 0 Å². The Kier molecular flexibility index (Phi) is 6.50. The maximum absolute atomic E-state index is 13.6. The van der Waals surface area contributed by atoms with Crippen molar-refractivity contribution in [1.29, 1.82) is 0 Å². The quantitative estimate of drug-likeness (QED) is 0.316. The molecule has 2 unspecified atom stereocenters. The second-order valence-electron chi connectivity index (χ2n) is 11.2. The zero-order valence-corrected chi connectivity index (χ0v) is 23.6. The van der Waals surface area contributed by atoms with Gasteiger partial charge in [-0.1, -0.05) is 41.4 Å². The molecule has 0 aromatic heterocycles. The number of hydrogen-bond donors (Lipinski definition) is 1. The molecule has 7 nitrogen and oxygen atoms in total. The molecule has 2 bridgehead atoms. The Morgan fingerprint density at radius 1 is 1.26 bits per heavy atom. The smallest absolute Gasteiger partial charge is 0.308 e. The van der Waals surface area contributed by atoms with Crippen LogP contribution in [-0.4, -0.2) is 70.7 Å². The van der Waals surface area contributed by atoms with E-state index < -0.39 is 23.1 Å². The van der Waals surface area contributed by atoms with E-state index in [1.165, 1.54) is 6.92 Å². The summed E-state index contributed by atoms with van der Waals surface area (Å²) in [4.78, 5) is 29.6. The Balaban J connectivity index is 1.41. The second-order valence-corrected chi connectivity index (χ2v) is 12.1. The van der Waals surface area contributed by atoms with Crippen LogP contribution >= 0.6 is 23.2 Å². The highest BCUT2D eigenvalue weighted by molar-refractivity contribution is 6.42. The van der Waals surface area contributed by atoms with Crippen molar-refractivity contribution in [3.8, 4) is 11.5 Å². The highest BCUT2D eigenvalue weighted by Gasteiger charge is 2.73. The average Bonchev–Trinajstić information content (AvgIpc) is 3.24. The summed E-state index contributed by atoms with van der Waals surface area (Å²) in [7, 11) is 1.80. The maximum atomic E-state index is 13.6. The molecule has 2 fully saturated rings. The molecule has 1 saturated heterocycles. The Morgan fingerprint density at radius 3 is 2.77 bits per heavy atom. The number of ether oxygens (including phenoxy) is 2. The number of nitrogens with zero attached hydrogens (tertiary/aromatic N) is 2. The van der Waals surface area contributed by atoms with Crippen molar-refractivity contribution in [3.05, 3.63) is 69.7 Å². The van der Waals surface area contributed by atoms with Gasteiger partial charge in [-0.15, -0.1) is 6.58 Å². The number of benzene rings is 2. The van der Waals surface area contributed by atoms with E-state index in [9.17, 15) is 14.7 Å². The lowest BCUT2D eigenvalue weighted by Crippen LogP contribution is -2.78. The first kappa shape index (κ1) is 26.6. The molecular formula is C30H32Cl2N2O5. The molecule has 0 radical (unpaired) electrons. The van der Waals surface area contributed by atoms with Crippen LogP contribution in [0, 0.1) is 0 Å². The number of carbonyl (C=O) groups is 2. The van der Waals surface area contributed by atoms with Crippen LogP contribution in [0.2, 0.25) is 10.0 Å². The largest absolute Gasteiger partial charge is 0.483 e. The number of carbonyl (C=O) groups excluding carboxylic acids is 2. The van der Waals surface area contributed by atoms with Gasteiger partial charge in [0, 0.05) is 32.1 Å². The number of amides is 1. The monoisotopic (exact) mass is 570 g/mol. The minimum absolute atomic E-state index is 0.0725. The molecule has 4 aliphatic rings. The van der Waals surface area contributed by atoms with Gasteiger partial charge in [-0.05, 0) is 61.6 Å². The second kappa shape index (κ2) is 9.51. The zero-order valence-electron chi connectivity index (χ0n) is 22.1. The molecule has 1 N–H and O–H groups in total. The first-order chi connectivity index (χ1) is 18.6. The fourth-order valence-electron chi connectivity index (χ4n) is 7.74. The molecule has 2 aliphatic heterocycles. The number of hydrogen-bond acceptors (Lipinski definition) is 6. The van der Waals surface area contributed by atoms with E-state index in [0.717, 1.165) is 23.2 Å². The predicted molar refractivity (Wildman–Crippen MR) is 149 cm³/mol. The number of halogens is 2. The van der Waals surface area contributed by atoms with Gasteiger partial charge in [0.2, 0.25) is 5.91 Å². The average molecular weight is 572 g/mol. The number of likely N-dealkylation sites (N-methyl/N-ethyl adjacent to an activating group) is 1. The summed E-state index contributed by atoms with van der Waals surface area (Å²) in [6.45, 7) is 6.76. The highest BCUT2D eigenvalue weighted by atomic mass is 35.5. The zero-order chi connectivity index (χ0) is 27.7. The lowest BCUT2D eigenvalue weighted by Gasteiger charge is -2.64. The number of aliphatic hydroxyl groups is 1. The van der Waals surface area contributed by atoms with E-state index in [4.69, 9.17) is 32.7 Å². The molecule has 2 aromatic carbocycles. The van der Waals surface area contributed by atoms with Crippen molar-refractivity contribution < 1.29 is 24.2 Å². The summed E-state index contributed by atoms with van der Waals surface area (Å²) in [6, 6.07) is 8.61. The molecule has 2 aliphatic carbocycles. The van der Waals surface area contributed by atoms with Crippen molar-refractivity contribution in [2.75, 3.05) is 20.1 Å². The molecule has 2 aromatic rings. The van der Waals surface area contributed by atoms with Gasteiger partial charge in [0.25, 0.3) is 0 Å². The fraction of sp³-hybridized carbons (Fsp3) is 0.467. The number of rotatable bonds is 6. The maximum Gasteiger partial charge on any atom is 0.308 e. The third-order valence-corrected chi connectivity index (χ3v) is 10.1. The molecule has 1 amide bonds. The summed E-state index contributed by atoms with van der Waals surface area (Å²) in [5.41, 5.74) is 1.03. The molecule has 5 atom stereocenters. The molecule has 1 saturated carbocycles. The van der Waals surface area contributed by atoms with Crippen LogP contribution in [-0.2, 0) is 27.8 Å². The van der Waals surface area contributed by atoms with Crippen molar-refractivity contribution in [1.82, 2.24) is 9.80 Å². The fourth-order valence-corrected chi connectivity index (χ4v) is 8.07. The minimum Gasteiger partial charge on any atom is -0.483 e. The number of likely N-dealkylation sites (tertiary alicyclic amines) is 1. The lowest BCUT2D eigenvalue weighted by atomic mass is 9.48. The van der Waals surface area contributed by atoms with E-state index in [1.807, 2.05) is 12.1 Å². The first-order valence-corrected chi connectivity index (χ1v) is 14.1. The number of esters is 1. The van der Waals surface area contributed by atoms with E-state index in [1.54, 1.807) is 36.2 Å². The Labute approximate surface area is 238 Å². The summed E-state index contributed by atoms with van der Waals surface area (Å²) < 4.78 is 12.3. The summed E-state index contributed by atoms with van der Waals surface area (Å²) in [5.74, 6) is 0.385. The van der Waals surface area contributed by atoms with Crippen molar-refractivity contribution in [2.24, 2.45) is 0 Å². The Hall–Kier alpha value is -2.58. The third-order valence-electron chi connectivity index (χ3n) is 9.37. The van der Waals surface area contributed by atoms with Gasteiger partial charge >= 0.3 is 5.97 Å². The van der Waals surface area contributed by atoms with E-state index in [2.05, 4.69) is 11.5 Å². The van der Waals surface area contributed by atoms with Gasteiger partial charge in [0.15, 0.2) is 11.5 Å². The van der Waals surface area contributed by atoms with Gasteiger partial charge < -0.3 is 19.5 Å². The van der Waals surface area contributed by atoms with Crippen molar-refractivity contribution in [3.63, 3.8) is 0 Å². The molecule has 1 spiro atoms. The van der Waals surface area contributed by atoms with Gasteiger partial charge in [-0.25, -0.2) is 0 Å². The van der Waals surface area contributed by atoms with Crippen LogP contribution in [0.1, 0.15) is 42.9 Å².